The van der Waals surface area contributed by atoms with Gasteiger partial charge < -0.3 is 5.32 Å². The van der Waals surface area contributed by atoms with Gasteiger partial charge in [-0.25, -0.2) is 9.37 Å². The molecule has 1 atom stereocenters. The number of nitrogens with one attached hydrogen (secondary N) is 1. The topological polar surface area (TPSA) is 62.3 Å². The lowest BCUT2D eigenvalue weighted by Gasteiger charge is -2.17. The number of thiazole rings is 1. The van der Waals surface area contributed by atoms with Gasteiger partial charge in [-0.05, 0) is 49.7 Å². The molecule has 1 unspecified atom stereocenters. The van der Waals surface area contributed by atoms with Gasteiger partial charge in [0.25, 0.3) is 0 Å². The molecule has 0 saturated heterocycles. The Balaban J connectivity index is 1.50. The highest BCUT2D eigenvalue weighted by atomic mass is 32.2. The van der Waals surface area contributed by atoms with Gasteiger partial charge in [-0.3, -0.25) is 13.9 Å². The molecule has 8 heteroatoms. The fourth-order valence-electron chi connectivity index (χ4n) is 3.54. The number of amides is 1. The summed E-state index contributed by atoms with van der Waals surface area (Å²) in [5.41, 5.74) is 4.12. The number of aryl methyl sites for hydroxylation is 1. The molecule has 1 heterocycles. The molecule has 1 N–H and O–H groups in total. The highest BCUT2D eigenvalue weighted by molar-refractivity contribution is 7.85. The van der Waals surface area contributed by atoms with Gasteiger partial charge in [0.1, 0.15) is 16.6 Å². The van der Waals surface area contributed by atoms with Crippen LogP contribution in [0.3, 0.4) is 0 Å². The number of aromatic nitrogens is 1. The van der Waals surface area contributed by atoms with Gasteiger partial charge in [0.2, 0.25) is 5.91 Å². The average Bonchev–Trinajstić information content (AvgIpc) is 3.19. The van der Waals surface area contributed by atoms with Crippen molar-refractivity contribution in [2.24, 2.45) is 0 Å². The molecule has 34 heavy (non-hydrogen) atoms. The summed E-state index contributed by atoms with van der Waals surface area (Å²) in [5, 5.41) is 3.70. The molecular weight excluding hydrogens is 469 g/mol. The van der Waals surface area contributed by atoms with Crippen molar-refractivity contribution in [1.29, 1.82) is 0 Å². The molecule has 5 nitrogen and oxygen atoms in total. The molecule has 0 aliphatic rings. The second kappa shape index (κ2) is 12.9. The summed E-state index contributed by atoms with van der Waals surface area (Å²) in [4.78, 5) is 20.2. The Hall–Kier alpha value is -2.42. The Morgan fingerprint density at radius 2 is 1.71 bits per heavy atom. The summed E-state index contributed by atoms with van der Waals surface area (Å²) in [6.07, 6.45) is 0.601. The maximum atomic E-state index is 13.0. The second-order valence-electron chi connectivity index (χ2n) is 8.14. The molecule has 0 spiro atoms. The Labute approximate surface area is 207 Å². The van der Waals surface area contributed by atoms with E-state index in [9.17, 15) is 13.4 Å². The van der Waals surface area contributed by atoms with Crippen LogP contribution in [0.5, 0.6) is 0 Å². The monoisotopic (exact) mass is 501 g/mol. The van der Waals surface area contributed by atoms with Gasteiger partial charge in [0, 0.05) is 34.3 Å². The summed E-state index contributed by atoms with van der Waals surface area (Å²) >= 11 is 1.54. The van der Waals surface area contributed by atoms with E-state index >= 15 is 0 Å². The molecule has 2 aromatic carbocycles. The molecule has 0 aliphatic heterocycles. The van der Waals surface area contributed by atoms with Crippen molar-refractivity contribution in [3.8, 4) is 10.6 Å². The van der Waals surface area contributed by atoms with E-state index in [1.807, 2.05) is 6.92 Å². The predicted molar refractivity (Wildman–Crippen MR) is 139 cm³/mol. The molecule has 0 radical (unpaired) electrons. The third-order valence-corrected chi connectivity index (χ3v) is 8.21. The lowest BCUT2D eigenvalue weighted by atomic mass is 10.1. The summed E-state index contributed by atoms with van der Waals surface area (Å²) in [6, 6.07) is 14.7. The maximum Gasteiger partial charge on any atom is 0.232 e. The van der Waals surface area contributed by atoms with Crippen LogP contribution in [0.1, 0.15) is 35.5 Å². The Morgan fingerprint density at radius 3 is 2.35 bits per heavy atom. The van der Waals surface area contributed by atoms with Crippen LogP contribution >= 0.6 is 11.3 Å². The first-order valence-electron chi connectivity index (χ1n) is 11.5. The zero-order chi connectivity index (χ0) is 24.5. The van der Waals surface area contributed by atoms with Gasteiger partial charge in [0.15, 0.2) is 0 Å². The van der Waals surface area contributed by atoms with Crippen molar-refractivity contribution in [3.05, 3.63) is 76.0 Å². The fourth-order valence-corrected chi connectivity index (χ4v) is 6.03. The van der Waals surface area contributed by atoms with Crippen LogP contribution in [0.15, 0.2) is 48.5 Å². The lowest BCUT2D eigenvalue weighted by Crippen LogP contribution is -2.30. The predicted octanol–water partition coefficient (Wildman–Crippen LogP) is 4.71. The van der Waals surface area contributed by atoms with Gasteiger partial charge in [-0.15, -0.1) is 11.3 Å². The minimum absolute atomic E-state index is 0.0455. The largest absolute Gasteiger partial charge is 0.355 e. The molecule has 0 fully saturated rings. The second-order valence-corrected chi connectivity index (χ2v) is 10.7. The standard InChI is InChI=1S/C26H32FN3O2S2/c1-4-30(5-2)16-21-6-10-22(11-7-21)26-29-19(3)24(33-26)17-34(32)18-25(31)28-15-14-20-8-12-23(27)13-9-20/h6-13H,4-5,14-18H2,1-3H3,(H,28,31). The number of benzene rings is 2. The van der Waals surface area contributed by atoms with E-state index in [0.29, 0.717) is 18.7 Å². The summed E-state index contributed by atoms with van der Waals surface area (Å²) in [6.45, 7) is 9.66. The van der Waals surface area contributed by atoms with E-state index < -0.39 is 10.8 Å². The van der Waals surface area contributed by atoms with Crippen molar-refractivity contribution in [3.63, 3.8) is 0 Å². The normalized spacial score (nSPS) is 12.1. The average molecular weight is 502 g/mol. The van der Waals surface area contributed by atoms with Gasteiger partial charge >= 0.3 is 0 Å². The van der Waals surface area contributed by atoms with Crippen molar-refractivity contribution >= 4 is 28.0 Å². The zero-order valence-corrected chi connectivity index (χ0v) is 21.6. The van der Waals surface area contributed by atoms with Crippen molar-refractivity contribution in [1.82, 2.24) is 15.2 Å². The summed E-state index contributed by atoms with van der Waals surface area (Å²) in [7, 11) is -1.31. The highest BCUT2D eigenvalue weighted by Crippen LogP contribution is 2.29. The smallest absolute Gasteiger partial charge is 0.232 e. The number of rotatable bonds is 12. The van der Waals surface area contributed by atoms with Crippen LogP contribution in [-0.2, 0) is 34.3 Å². The van der Waals surface area contributed by atoms with E-state index in [1.165, 1.54) is 29.0 Å². The number of nitrogens with zero attached hydrogens (tertiary/aromatic N) is 2. The Morgan fingerprint density at radius 1 is 1.06 bits per heavy atom. The minimum Gasteiger partial charge on any atom is -0.355 e. The van der Waals surface area contributed by atoms with Crippen LogP contribution in [0.4, 0.5) is 4.39 Å². The summed E-state index contributed by atoms with van der Waals surface area (Å²) in [5.74, 6) is -0.255. The van der Waals surface area contributed by atoms with Gasteiger partial charge in [-0.1, -0.05) is 50.2 Å². The van der Waals surface area contributed by atoms with Crippen molar-refractivity contribution in [2.45, 2.75) is 39.5 Å². The fraction of sp³-hybridized carbons (Fsp3) is 0.385. The molecule has 3 rings (SSSR count). The molecule has 0 aliphatic carbocycles. The van der Waals surface area contributed by atoms with Gasteiger partial charge in [0.05, 0.1) is 11.4 Å². The van der Waals surface area contributed by atoms with Crippen LogP contribution < -0.4 is 5.32 Å². The quantitative estimate of drug-likeness (QED) is 0.391. The molecular formula is C26H32FN3O2S2. The SMILES string of the molecule is CCN(CC)Cc1ccc(-c2nc(C)c(CS(=O)CC(=O)NCCc3ccc(F)cc3)s2)cc1. The summed E-state index contributed by atoms with van der Waals surface area (Å²) < 4.78 is 25.5. The molecule has 1 amide bonds. The third kappa shape index (κ3) is 7.82. The maximum absolute atomic E-state index is 13.0. The minimum atomic E-state index is -1.31. The van der Waals surface area contributed by atoms with E-state index in [2.05, 4.69) is 53.3 Å². The first-order valence-corrected chi connectivity index (χ1v) is 13.8. The Bertz CT molecular complexity index is 1090. The Kier molecular flexibility index (Phi) is 9.92. The third-order valence-electron chi connectivity index (χ3n) is 5.63. The van der Waals surface area contributed by atoms with Gasteiger partial charge in [-0.2, -0.15) is 0 Å². The molecule has 182 valence electrons. The van der Waals surface area contributed by atoms with E-state index in [0.717, 1.165) is 46.3 Å². The lowest BCUT2D eigenvalue weighted by molar-refractivity contribution is -0.118. The number of hydrogen-bond acceptors (Lipinski definition) is 5. The van der Waals surface area contributed by atoms with E-state index in [-0.39, 0.29) is 17.5 Å². The molecule has 0 bridgehead atoms. The first-order chi connectivity index (χ1) is 16.4. The zero-order valence-electron chi connectivity index (χ0n) is 20.0. The number of carbonyl (C=O) groups excluding carboxylic acids is 1. The van der Waals surface area contributed by atoms with Crippen LogP contribution in [-0.4, -0.2) is 45.4 Å². The first kappa shape index (κ1) is 26.2. The molecule has 3 aromatic rings. The molecule has 0 saturated carbocycles. The van der Waals surface area contributed by atoms with Crippen molar-refractivity contribution in [2.75, 3.05) is 25.4 Å². The number of halogens is 1. The van der Waals surface area contributed by atoms with Crippen LogP contribution in [0.2, 0.25) is 0 Å². The van der Waals surface area contributed by atoms with Crippen molar-refractivity contribution < 1.29 is 13.4 Å². The molecule has 1 aromatic heterocycles. The van der Waals surface area contributed by atoms with Crippen LogP contribution in [0.25, 0.3) is 10.6 Å². The van der Waals surface area contributed by atoms with E-state index in [1.54, 1.807) is 12.1 Å². The highest BCUT2D eigenvalue weighted by Gasteiger charge is 2.15. The van der Waals surface area contributed by atoms with E-state index in [4.69, 9.17) is 0 Å². The number of carbonyl (C=O) groups is 1. The van der Waals surface area contributed by atoms with Crippen LogP contribution in [0, 0.1) is 12.7 Å². The number of hydrogen-bond donors (Lipinski definition) is 1.